The van der Waals surface area contributed by atoms with Gasteiger partial charge in [0.2, 0.25) is 5.89 Å². The second-order valence-corrected chi connectivity index (χ2v) is 12.7. The van der Waals surface area contributed by atoms with Crippen molar-refractivity contribution in [3.63, 3.8) is 0 Å². The molecule has 0 saturated heterocycles. The summed E-state index contributed by atoms with van der Waals surface area (Å²) in [4.78, 5) is 65.6. The third kappa shape index (κ3) is 11.9. The first-order chi connectivity index (χ1) is 27.5. The maximum Gasteiger partial charge on any atom is 0.347 e. The van der Waals surface area contributed by atoms with Crippen LogP contribution >= 0.6 is 11.6 Å². The summed E-state index contributed by atoms with van der Waals surface area (Å²) in [6.45, 7) is 9.74. The Morgan fingerprint density at radius 1 is 0.684 bits per heavy atom. The number of fused-ring (bicyclic) bond motifs is 1. The third-order valence-corrected chi connectivity index (χ3v) is 8.42. The van der Waals surface area contributed by atoms with Gasteiger partial charge >= 0.3 is 29.5 Å². The number of hydrogen-bond donors (Lipinski definition) is 0. The van der Waals surface area contributed by atoms with E-state index < -0.39 is 29.5 Å². The summed E-state index contributed by atoms with van der Waals surface area (Å²) in [6.07, 6.45) is 4.80. The van der Waals surface area contributed by atoms with Crippen LogP contribution in [0.15, 0.2) is 113 Å². The fourth-order valence-electron chi connectivity index (χ4n) is 5.10. The average molecular weight is 796 g/mol. The zero-order valence-electron chi connectivity index (χ0n) is 31.0. The molecule has 0 aliphatic carbocycles. The van der Waals surface area contributed by atoms with Gasteiger partial charge in [0.25, 0.3) is 0 Å². The quantitative estimate of drug-likeness (QED) is 0.0341. The van der Waals surface area contributed by atoms with Crippen molar-refractivity contribution in [3.8, 4) is 34.5 Å². The number of unbranched alkanes of at least 4 members (excludes halogenated alkanes) is 2. The Morgan fingerprint density at radius 3 is 1.70 bits per heavy atom. The number of nitrogens with zero attached hydrogens (tertiary/aromatic N) is 1. The highest BCUT2D eigenvalue weighted by Gasteiger charge is 2.18. The van der Waals surface area contributed by atoms with Crippen molar-refractivity contribution in [2.45, 2.75) is 32.6 Å². The monoisotopic (exact) mass is 795 g/mol. The predicted molar refractivity (Wildman–Crippen MR) is 210 cm³/mol. The Morgan fingerprint density at radius 2 is 1.19 bits per heavy atom. The van der Waals surface area contributed by atoms with E-state index >= 15 is 0 Å². The minimum atomic E-state index is -0.722. The number of halogens is 1. The zero-order valence-corrected chi connectivity index (χ0v) is 31.7. The zero-order chi connectivity index (χ0) is 40.7. The van der Waals surface area contributed by atoms with Crippen molar-refractivity contribution in [2.75, 3.05) is 26.4 Å². The fraction of sp³-hybridized carbons (Fsp3) is 0.209. The SMILES string of the molecule is C=CC(=O)OCCCCOc1ccc(C(=O)Oc2cc3c(=O)oc(-c4ccc(OC(=O)c5ccc(OCCCCOC(=O)C=C)cc5)c(Cl)c4)nc3cc2C)cc1. The van der Waals surface area contributed by atoms with Crippen LogP contribution in [0.1, 0.15) is 52.0 Å². The van der Waals surface area contributed by atoms with Crippen LogP contribution in [-0.4, -0.2) is 55.3 Å². The molecule has 1 aromatic heterocycles. The maximum absolute atomic E-state index is 13.1. The van der Waals surface area contributed by atoms with Crippen LogP contribution in [0.2, 0.25) is 5.02 Å². The summed E-state index contributed by atoms with van der Waals surface area (Å²) in [6, 6.07) is 20.3. The van der Waals surface area contributed by atoms with Crippen molar-refractivity contribution < 1.29 is 52.0 Å². The van der Waals surface area contributed by atoms with E-state index in [1.54, 1.807) is 67.6 Å². The first kappa shape index (κ1) is 41.4. The van der Waals surface area contributed by atoms with Crippen LogP contribution in [0.4, 0.5) is 0 Å². The second kappa shape index (κ2) is 20.3. The summed E-state index contributed by atoms with van der Waals surface area (Å²) in [5, 5.41) is 0.167. The van der Waals surface area contributed by atoms with Crippen LogP contribution in [-0.2, 0) is 19.1 Å². The molecule has 0 aliphatic heterocycles. The number of carbonyl (C=O) groups is 4. The molecule has 1 heterocycles. The van der Waals surface area contributed by atoms with Gasteiger partial charge in [-0.15, -0.1) is 0 Å². The molecule has 0 aliphatic rings. The number of aromatic nitrogens is 1. The highest BCUT2D eigenvalue weighted by atomic mass is 35.5. The molecular weight excluding hydrogens is 758 g/mol. The lowest BCUT2D eigenvalue weighted by Crippen LogP contribution is -2.11. The minimum absolute atomic E-state index is 0.0248. The lowest BCUT2D eigenvalue weighted by atomic mass is 10.1. The van der Waals surface area contributed by atoms with Gasteiger partial charge in [-0.1, -0.05) is 24.8 Å². The Kier molecular flexibility index (Phi) is 14.7. The molecule has 0 amide bonds. The van der Waals surface area contributed by atoms with Gasteiger partial charge in [-0.3, -0.25) is 0 Å². The van der Waals surface area contributed by atoms with Crippen molar-refractivity contribution in [1.82, 2.24) is 4.98 Å². The van der Waals surface area contributed by atoms with Crippen LogP contribution in [0.25, 0.3) is 22.4 Å². The second-order valence-electron chi connectivity index (χ2n) is 12.3. The van der Waals surface area contributed by atoms with E-state index in [9.17, 15) is 24.0 Å². The Bertz CT molecular complexity index is 2320. The van der Waals surface area contributed by atoms with Crippen molar-refractivity contribution in [1.29, 1.82) is 0 Å². The van der Waals surface area contributed by atoms with Crippen LogP contribution in [0.3, 0.4) is 0 Å². The number of carbonyl (C=O) groups excluding carboxylic acids is 4. The number of hydrogen-bond acceptors (Lipinski definition) is 13. The maximum atomic E-state index is 13.1. The fourth-order valence-corrected chi connectivity index (χ4v) is 5.32. The summed E-state index contributed by atoms with van der Waals surface area (Å²) in [7, 11) is 0. The van der Waals surface area contributed by atoms with Gasteiger partial charge in [-0.25, -0.2) is 29.0 Å². The minimum Gasteiger partial charge on any atom is -0.494 e. The molecule has 0 saturated carbocycles. The summed E-state index contributed by atoms with van der Waals surface area (Å²) in [5.74, 6) is -0.910. The van der Waals surface area contributed by atoms with Crippen molar-refractivity contribution in [3.05, 3.63) is 136 Å². The summed E-state index contributed by atoms with van der Waals surface area (Å²) in [5.41, 5.74) is 1.01. The molecule has 294 valence electrons. The van der Waals surface area contributed by atoms with E-state index in [1.165, 1.54) is 18.2 Å². The highest BCUT2D eigenvalue weighted by Crippen LogP contribution is 2.32. The van der Waals surface area contributed by atoms with Crippen LogP contribution in [0, 0.1) is 6.92 Å². The van der Waals surface area contributed by atoms with Gasteiger partial charge in [0.1, 0.15) is 23.0 Å². The van der Waals surface area contributed by atoms with E-state index in [4.69, 9.17) is 44.4 Å². The van der Waals surface area contributed by atoms with E-state index in [0.717, 1.165) is 12.2 Å². The largest absolute Gasteiger partial charge is 0.494 e. The lowest BCUT2D eigenvalue weighted by molar-refractivity contribution is -0.138. The first-order valence-corrected chi connectivity index (χ1v) is 18.2. The lowest BCUT2D eigenvalue weighted by Gasteiger charge is -2.11. The predicted octanol–water partition coefficient (Wildman–Crippen LogP) is 8.03. The molecule has 57 heavy (non-hydrogen) atoms. The summed E-state index contributed by atoms with van der Waals surface area (Å²) >= 11 is 6.47. The Hall–Kier alpha value is -6.73. The molecule has 0 N–H and O–H groups in total. The molecule has 14 heteroatoms. The van der Waals surface area contributed by atoms with Crippen LogP contribution in [0.5, 0.6) is 23.0 Å². The topological polar surface area (TPSA) is 167 Å². The smallest absolute Gasteiger partial charge is 0.347 e. The average Bonchev–Trinajstić information content (AvgIpc) is 3.21. The highest BCUT2D eigenvalue weighted by molar-refractivity contribution is 6.32. The molecule has 4 aromatic carbocycles. The first-order valence-electron chi connectivity index (χ1n) is 17.8. The molecule has 5 aromatic rings. The molecule has 0 spiro atoms. The molecule has 0 bridgehead atoms. The van der Waals surface area contributed by atoms with E-state index in [0.29, 0.717) is 67.0 Å². The molecular formula is C43H38ClNO12. The van der Waals surface area contributed by atoms with Gasteiger partial charge in [-0.05, 0) is 117 Å². The van der Waals surface area contributed by atoms with E-state index in [1.807, 2.05) is 0 Å². The van der Waals surface area contributed by atoms with Crippen LogP contribution < -0.4 is 24.6 Å². The number of rotatable bonds is 19. The van der Waals surface area contributed by atoms with Gasteiger partial charge in [-0.2, -0.15) is 0 Å². The van der Waals surface area contributed by atoms with Gasteiger partial charge in [0, 0.05) is 17.7 Å². The number of ether oxygens (including phenoxy) is 6. The van der Waals surface area contributed by atoms with E-state index in [2.05, 4.69) is 18.1 Å². The van der Waals surface area contributed by atoms with Crippen molar-refractivity contribution >= 4 is 46.4 Å². The normalized spacial score (nSPS) is 10.6. The molecule has 13 nitrogen and oxygen atoms in total. The van der Waals surface area contributed by atoms with Gasteiger partial charge < -0.3 is 32.8 Å². The molecule has 0 unspecified atom stereocenters. The molecule has 5 rings (SSSR count). The summed E-state index contributed by atoms with van der Waals surface area (Å²) < 4.78 is 37.8. The third-order valence-electron chi connectivity index (χ3n) is 8.13. The standard InChI is InChI=1S/C43H38ClNO12/c1-4-38(46)53-22-8-6-20-51-31-15-10-28(11-16-31)41(48)55-36-19-14-30(25-34(36)44)40-45-35-24-27(3)37(26-33(35)43(50)57-40)56-42(49)29-12-17-32(18-13-29)52-21-7-9-23-54-39(47)5-2/h4-5,10-19,24-26H,1-2,6-9,20-23H2,3H3. The van der Waals surface area contributed by atoms with Gasteiger partial charge in [0.05, 0.1) is 53.5 Å². The number of esters is 4. The van der Waals surface area contributed by atoms with Gasteiger partial charge in [0.15, 0.2) is 0 Å². The van der Waals surface area contributed by atoms with Crippen molar-refractivity contribution in [2.24, 2.45) is 0 Å². The molecule has 0 fully saturated rings. The molecule has 0 radical (unpaired) electrons. The number of aryl methyl sites for hydroxylation is 1. The Labute approximate surface area is 332 Å². The van der Waals surface area contributed by atoms with E-state index in [-0.39, 0.29) is 52.1 Å². The molecule has 0 atom stereocenters. The Balaban J connectivity index is 1.15. The number of benzene rings is 4.